The second kappa shape index (κ2) is 9.43. The van der Waals surface area contributed by atoms with Crippen molar-refractivity contribution in [2.24, 2.45) is 22.9 Å². The minimum Gasteiger partial charge on any atom is -0.377 e. The summed E-state index contributed by atoms with van der Waals surface area (Å²) >= 11 is 0. The standard InChI is InChI=1S/C9H18N2O3.C9H20N2O2/c1-12-8-6(10)2-3-7(14-8)9(11)4-13-5-9;1-9(2,11)7-5-4-6(10)8(12-3)13-7/h6-8H,2-5,10-11H2,1H3;6-8H,4-5,10-11H2,1-3H3/t2*6-,7?,8+/m11/s1. The molecule has 27 heavy (non-hydrogen) atoms. The third kappa shape index (κ3) is 5.81. The summed E-state index contributed by atoms with van der Waals surface area (Å²) in [7, 11) is 3.21. The number of ether oxygens (including phenoxy) is 5. The van der Waals surface area contributed by atoms with Crippen LogP contribution >= 0.6 is 0 Å². The van der Waals surface area contributed by atoms with E-state index in [4.69, 9.17) is 46.6 Å². The molecule has 9 heteroatoms. The Labute approximate surface area is 162 Å². The Bertz CT molecular complexity index is 458. The Morgan fingerprint density at radius 3 is 1.85 bits per heavy atom. The lowest BCUT2D eigenvalue weighted by atomic mass is 9.86. The minimum atomic E-state index is -0.324. The van der Waals surface area contributed by atoms with E-state index in [9.17, 15) is 0 Å². The van der Waals surface area contributed by atoms with E-state index in [0.29, 0.717) is 13.2 Å². The van der Waals surface area contributed by atoms with Gasteiger partial charge in [0.1, 0.15) is 0 Å². The zero-order chi connectivity index (χ0) is 20.2. The van der Waals surface area contributed by atoms with Crippen molar-refractivity contribution < 1.29 is 23.7 Å². The van der Waals surface area contributed by atoms with Crippen molar-refractivity contribution >= 4 is 0 Å². The van der Waals surface area contributed by atoms with E-state index in [1.54, 1.807) is 14.2 Å². The van der Waals surface area contributed by atoms with E-state index in [0.717, 1.165) is 25.7 Å². The molecule has 0 aromatic carbocycles. The first-order valence-electron chi connectivity index (χ1n) is 9.64. The quantitative estimate of drug-likeness (QED) is 0.493. The highest BCUT2D eigenvalue weighted by atomic mass is 16.7. The maximum Gasteiger partial charge on any atom is 0.172 e. The third-order valence-electron chi connectivity index (χ3n) is 5.50. The lowest BCUT2D eigenvalue weighted by Gasteiger charge is -2.47. The van der Waals surface area contributed by atoms with E-state index in [2.05, 4.69) is 0 Å². The summed E-state index contributed by atoms with van der Waals surface area (Å²) in [5.74, 6) is 0. The van der Waals surface area contributed by atoms with Crippen LogP contribution in [0.5, 0.6) is 0 Å². The van der Waals surface area contributed by atoms with Gasteiger partial charge in [0.2, 0.25) is 0 Å². The Balaban J connectivity index is 0.000000194. The second-order valence-electron chi connectivity index (χ2n) is 8.49. The van der Waals surface area contributed by atoms with Crippen LogP contribution in [0.25, 0.3) is 0 Å². The topological polar surface area (TPSA) is 150 Å². The molecule has 160 valence electrons. The van der Waals surface area contributed by atoms with Gasteiger partial charge in [0.15, 0.2) is 12.6 Å². The molecule has 0 spiro atoms. The van der Waals surface area contributed by atoms with E-state index in [1.165, 1.54) is 0 Å². The average Bonchev–Trinajstić information content (AvgIpc) is 2.60. The average molecular weight is 391 g/mol. The fraction of sp³-hybridized carbons (Fsp3) is 1.00. The smallest absolute Gasteiger partial charge is 0.172 e. The molecule has 3 saturated heterocycles. The van der Waals surface area contributed by atoms with Crippen LogP contribution in [0.4, 0.5) is 0 Å². The van der Waals surface area contributed by atoms with E-state index >= 15 is 0 Å². The highest BCUT2D eigenvalue weighted by molar-refractivity contribution is 5.00. The van der Waals surface area contributed by atoms with Crippen LogP contribution in [0, 0.1) is 0 Å². The Hall–Kier alpha value is -0.360. The first-order valence-corrected chi connectivity index (χ1v) is 9.64. The monoisotopic (exact) mass is 390 g/mol. The lowest BCUT2D eigenvalue weighted by Crippen LogP contribution is -2.68. The summed E-state index contributed by atoms with van der Waals surface area (Å²) in [6.45, 7) is 5.06. The molecule has 0 amide bonds. The van der Waals surface area contributed by atoms with Gasteiger partial charge in [0, 0.05) is 19.8 Å². The SMILES string of the molecule is CO[C@H]1OC(C(C)(C)N)CC[C@H]1N.CO[C@H]1OC(C2(N)COC2)CC[C@H]1N. The molecule has 3 fully saturated rings. The van der Waals surface area contributed by atoms with Gasteiger partial charge < -0.3 is 46.6 Å². The first-order chi connectivity index (χ1) is 12.6. The minimum absolute atomic E-state index is 0.0148. The van der Waals surface area contributed by atoms with Crippen LogP contribution in [-0.2, 0) is 23.7 Å². The van der Waals surface area contributed by atoms with Crippen molar-refractivity contribution in [3.05, 3.63) is 0 Å². The Morgan fingerprint density at radius 2 is 1.41 bits per heavy atom. The van der Waals surface area contributed by atoms with Gasteiger partial charge >= 0.3 is 0 Å². The molecule has 2 unspecified atom stereocenters. The van der Waals surface area contributed by atoms with Crippen molar-refractivity contribution in [3.63, 3.8) is 0 Å². The van der Waals surface area contributed by atoms with Crippen molar-refractivity contribution in [2.45, 2.75) is 87.5 Å². The number of methoxy groups -OCH3 is 2. The zero-order valence-corrected chi connectivity index (χ0v) is 17.1. The molecule has 0 saturated carbocycles. The van der Waals surface area contributed by atoms with Gasteiger partial charge in [-0.1, -0.05) is 0 Å². The van der Waals surface area contributed by atoms with Crippen LogP contribution in [0.3, 0.4) is 0 Å². The van der Waals surface area contributed by atoms with Crippen LogP contribution in [0.2, 0.25) is 0 Å². The van der Waals surface area contributed by atoms with Gasteiger partial charge in [0.05, 0.1) is 43.0 Å². The van der Waals surface area contributed by atoms with E-state index in [-0.39, 0.29) is 47.9 Å². The molecule has 3 aliphatic rings. The van der Waals surface area contributed by atoms with Crippen LogP contribution in [0.15, 0.2) is 0 Å². The van der Waals surface area contributed by atoms with Crippen molar-refractivity contribution in [3.8, 4) is 0 Å². The molecule has 6 atom stereocenters. The molecular weight excluding hydrogens is 352 g/mol. The number of nitrogens with two attached hydrogens (primary N) is 4. The van der Waals surface area contributed by atoms with E-state index < -0.39 is 0 Å². The fourth-order valence-corrected chi connectivity index (χ4v) is 3.58. The van der Waals surface area contributed by atoms with Gasteiger partial charge in [-0.2, -0.15) is 0 Å². The van der Waals surface area contributed by atoms with Crippen molar-refractivity contribution in [1.82, 2.24) is 0 Å². The maximum atomic E-state index is 6.09. The normalized spacial score (nSPS) is 39.1. The second-order valence-corrected chi connectivity index (χ2v) is 8.49. The molecule has 0 aromatic heterocycles. The van der Waals surface area contributed by atoms with Gasteiger partial charge in [-0.25, -0.2) is 0 Å². The molecular formula is C18H38N4O5. The summed E-state index contributed by atoms with van der Waals surface area (Å²) in [4.78, 5) is 0. The predicted octanol–water partition coefficient (Wildman–Crippen LogP) is -0.605. The first kappa shape index (κ1) is 22.9. The zero-order valence-electron chi connectivity index (χ0n) is 17.1. The molecule has 3 rings (SSSR count). The summed E-state index contributed by atoms with van der Waals surface area (Å²) in [6.07, 6.45) is 3.02. The Kier molecular flexibility index (Phi) is 8.00. The van der Waals surface area contributed by atoms with Crippen molar-refractivity contribution in [1.29, 1.82) is 0 Å². The van der Waals surface area contributed by atoms with Crippen molar-refractivity contribution in [2.75, 3.05) is 27.4 Å². The largest absolute Gasteiger partial charge is 0.377 e. The summed E-state index contributed by atoms with van der Waals surface area (Å²) in [5, 5.41) is 0. The lowest BCUT2D eigenvalue weighted by molar-refractivity contribution is -0.234. The Morgan fingerprint density at radius 1 is 0.889 bits per heavy atom. The summed E-state index contributed by atoms with van der Waals surface area (Å²) in [5.41, 5.74) is 23.0. The van der Waals surface area contributed by atoms with Gasteiger partial charge in [-0.15, -0.1) is 0 Å². The molecule has 9 nitrogen and oxygen atoms in total. The maximum absolute atomic E-state index is 6.09. The molecule has 3 aliphatic heterocycles. The van der Waals surface area contributed by atoms with Crippen LogP contribution < -0.4 is 22.9 Å². The molecule has 0 radical (unpaired) electrons. The predicted molar refractivity (Wildman–Crippen MR) is 102 cm³/mol. The molecule has 0 aromatic rings. The molecule has 8 N–H and O–H groups in total. The molecule has 3 heterocycles. The van der Waals surface area contributed by atoms with Crippen LogP contribution in [-0.4, -0.2) is 75.4 Å². The number of hydrogen-bond donors (Lipinski definition) is 4. The fourth-order valence-electron chi connectivity index (χ4n) is 3.58. The highest BCUT2D eigenvalue weighted by Gasteiger charge is 2.46. The third-order valence-corrected chi connectivity index (χ3v) is 5.50. The molecule has 0 aliphatic carbocycles. The highest BCUT2D eigenvalue weighted by Crippen LogP contribution is 2.30. The van der Waals surface area contributed by atoms with Crippen LogP contribution in [0.1, 0.15) is 39.5 Å². The summed E-state index contributed by atoms with van der Waals surface area (Å²) in [6, 6.07) is -0.0653. The number of rotatable bonds is 4. The summed E-state index contributed by atoms with van der Waals surface area (Å²) < 4.78 is 26.7. The van der Waals surface area contributed by atoms with Gasteiger partial charge in [0.25, 0.3) is 0 Å². The van der Waals surface area contributed by atoms with E-state index in [1.807, 2.05) is 13.8 Å². The van der Waals surface area contributed by atoms with Gasteiger partial charge in [-0.3, -0.25) is 0 Å². The van der Waals surface area contributed by atoms with Gasteiger partial charge in [-0.05, 0) is 39.5 Å². The number of hydrogen-bond acceptors (Lipinski definition) is 9. The molecule has 0 bridgehead atoms.